The third-order valence-corrected chi connectivity index (χ3v) is 4.58. The molecule has 0 bridgehead atoms. The SMILES string of the molecule is CCc1c(CP(=O)(O)O)ccc2cc3ccccc3cc12. The fourth-order valence-electron chi connectivity index (χ4n) is 2.91. The van der Waals surface area contributed by atoms with E-state index < -0.39 is 7.60 Å². The molecule has 4 heteroatoms. The molecule has 0 atom stereocenters. The smallest absolute Gasteiger partial charge is 0.324 e. The van der Waals surface area contributed by atoms with Gasteiger partial charge in [-0.3, -0.25) is 4.57 Å². The molecule has 2 N–H and O–H groups in total. The Balaban J connectivity index is 2.29. The molecule has 0 aliphatic carbocycles. The molecule has 0 aromatic heterocycles. The van der Waals surface area contributed by atoms with E-state index in [0.717, 1.165) is 33.7 Å². The second kappa shape index (κ2) is 5.27. The molecule has 3 aromatic rings. The van der Waals surface area contributed by atoms with E-state index in [4.69, 9.17) is 0 Å². The van der Waals surface area contributed by atoms with Crippen molar-refractivity contribution in [3.63, 3.8) is 0 Å². The number of aryl methyl sites for hydroxylation is 1. The van der Waals surface area contributed by atoms with Crippen LogP contribution in [0.1, 0.15) is 18.1 Å². The normalized spacial score (nSPS) is 12.1. The summed E-state index contributed by atoms with van der Waals surface area (Å²) in [6.07, 6.45) is 0.559. The first kappa shape index (κ1) is 14.3. The van der Waals surface area contributed by atoms with Crippen molar-refractivity contribution in [3.8, 4) is 0 Å². The van der Waals surface area contributed by atoms with Crippen LogP contribution in [0.15, 0.2) is 48.5 Å². The predicted octanol–water partition coefficient (Wildman–Crippen LogP) is 4.23. The number of rotatable bonds is 3. The zero-order valence-electron chi connectivity index (χ0n) is 11.8. The van der Waals surface area contributed by atoms with Gasteiger partial charge in [-0.05, 0) is 51.2 Å². The lowest BCUT2D eigenvalue weighted by molar-refractivity contribution is 0.371. The average molecular weight is 300 g/mol. The van der Waals surface area contributed by atoms with Gasteiger partial charge in [0.05, 0.1) is 6.16 Å². The lowest BCUT2D eigenvalue weighted by Gasteiger charge is -2.13. The highest BCUT2D eigenvalue weighted by molar-refractivity contribution is 7.50. The summed E-state index contributed by atoms with van der Waals surface area (Å²) >= 11 is 0. The van der Waals surface area contributed by atoms with Crippen LogP contribution in [0.25, 0.3) is 21.5 Å². The van der Waals surface area contributed by atoms with Gasteiger partial charge in [0.25, 0.3) is 0 Å². The van der Waals surface area contributed by atoms with Gasteiger partial charge in [0.1, 0.15) is 0 Å². The van der Waals surface area contributed by atoms with Crippen molar-refractivity contribution in [1.29, 1.82) is 0 Å². The minimum atomic E-state index is -4.05. The first-order valence-corrected chi connectivity index (χ1v) is 8.75. The molecule has 0 radical (unpaired) electrons. The molecule has 0 spiro atoms. The van der Waals surface area contributed by atoms with Crippen LogP contribution in [0.3, 0.4) is 0 Å². The van der Waals surface area contributed by atoms with Crippen molar-refractivity contribution in [3.05, 3.63) is 59.7 Å². The van der Waals surface area contributed by atoms with Crippen LogP contribution in [0.4, 0.5) is 0 Å². The van der Waals surface area contributed by atoms with E-state index in [0.29, 0.717) is 0 Å². The Bertz CT molecular complexity index is 864. The number of hydrogen-bond acceptors (Lipinski definition) is 1. The summed E-state index contributed by atoms with van der Waals surface area (Å²) in [4.78, 5) is 18.5. The Morgan fingerprint density at radius 3 is 2.24 bits per heavy atom. The first-order valence-electron chi connectivity index (χ1n) is 6.96. The van der Waals surface area contributed by atoms with Crippen LogP contribution in [-0.4, -0.2) is 9.79 Å². The minimum absolute atomic E-state index is 0.195. The largest absolute Gasteiger partial charge is 0.329 e. The number of benzene rings is 3. The molecule has 0 saturated carbocycles. The minimum Gasteiger partial charge on any atom is -0.324 e. The number of hydrogen-bond donors (Lipinski definition) is 2. The highest BCUT2D eigenvalue weighted by atomic mass is 31.2. The molecule has 0 unspecified atom stereocenters. The van der Waals surface area contributed by atoms with E-state index in [9.17, 15) is 14.4 Å². The molecule has 3 aromatic carbocycles. The zero-order chi connectivity index (χ0) is 15.0. The second-order valence-corrected chi connectivity index (χ2v) is 6.95. The van der Waals surface area contributed by atoms with E-state index in [1.54, 1.807) is 0 Å². The third kappa shape index (κ3) is 2.86. The summed E-state index contributed by atoms with van der Waals surface area (Å²) in [6, 6.07) is 16.2. The lowest BCUT2D eigenvalue weighted by Crippen LogP contribution is -1.96. The molecule has 21 heavy (non-hydrogen) atoms. The molecule has 108 valence electrons. The highest BCUT2D eigenvalue weighted by Gasteiger charge is 2.17. The van der Waals surface area contributed by atoms with Gasteiger partial charge in [-0.15, -0.1) is 0 Å². The maximum absolute atomic E-state index is 11.3. The maximum Gasteiger partial charge on any atom is 0.329 e. The van der Waals surface area contributed by atoms with Crippen LogP contribution in [0.2, 0.25) is 0 Å². The van der Waals surface area contributed by atoms with Crippen molar-refractivity contribution in [2.75, 3.05) is 0 Å². The van der Waals surface area contributed by atoms with Crippen molar-refractivity contribution in [1.82, 2.24) is 0 Å². The van der Waals surface area contributed by atoms with Gasteiger partial charge in [-0.2, -0.15) is 0 Å². The number of fused-ring (bicyclic) bond motifs is 2. The Morgan fingerprint density at radius 1 is 0.952 bits per heavy atom. The van der Waals surface area contributed by atoms with Crippen molar-refractivity contribution < 1.29 is 14.4 Å². The highest BCUT2D eigenvalue weighted by Crippen LogP contribution is 2.41. The van der Waals surface area contributed by atoms with Gasteiger partial charge in [-0.25, -0.2) is 0 Å². The Kier molecular flexibility index (Phi) is 3.58. The summed E-state index contributed by atoms with van der Waals surface area (Å²) in [5, 5.41) is 4.52. The van der Waals surface area contributed by atoms with Crippen LogP contribution < -0.4 is 0 Å². The topological polar surface area (TPSA) is 57.5 Å². The van der Waals surface area contributed by atoms with Crippen LogP contribution in [0, 0.1) is 0 Å². The molecule has 0 amide bonds. The predicted molar refractivity (Wildman–Crippen MR) is 86.6 cm³/mol. The van der Waals surface area contributed by atoms with Gasteiger partial charge >= 0.3 is 7.60 Å². The first-order chi connectivity index (χ1) is 9.98. The standard InChI is InChI=1S/C17H17O3P/c1-2-16-15(11-21(18,19)20)8-7-14-9-12-5-3-4-6-13(12)10-17(14)16/h3-10H,2,11H2,1H3,(H2,18,19,20). The molecular weight excluding hydrogens is 283 g/mol. The van der Waals surface area contributed by atoms with Crippen molar-refractivity contribution >= 4 is 29.1 Å². The molecule has 3 rings (SSSR count). The van der Waals surface area contributed by atoms with Crippen LogP contribution >= 0.6 is 7.60 Å². The van der Waals surface area contributed by atoms with Gasteiger partial charge in [0.2, 0.25) is 0 Å². The van der Waals surface area contributed by atoms with E-state index in [-0.39, 0.29) is 6.16 Å². The molecule has 0 saturated heterocycles. The third-order valence-electron chi connectivity index (χ3n) is 3.82. The molecular formula is C17H17O3P. The summed E-state index contributed by atoms with van der Waals surface area (Å²) in [5.74, 6) is 0. The Morgan fingerprint density at radius 2 is 1.62 bits per heavy atom. The second-order valence-electron chi connectivity index (χ2n) is 5.30. The fraction of sp³-hybridized carbons (Fsp3) is 0.176. The van der Waals surface area contributed by atoms with Crippen molar-refractivity contribution in [2.24, 2.45) is 0 Å². The van der Waals surface area contributed by atoms with Crippen LogP contribution in [-0.2, 0) is 17.1 Å². The Hall–Kier alpha value is -1.67. The molecule has 0 aliphatic rings. The van der Waals surface area contributed by atoms with Gasteiger partial charge in [-0.1, -0.05) is 43.3 Å². The zero-order valence-corrected chi connectivity index (χ0v) is 12.7. The average Bonchev–Trinajstić information content (AvgIpc) is 2.43. The van der Waals surface area contributed by atoms with Crippen molar-refractivity contribution in [2.45, 2.75) is 19.5 Å². The Labute approximate surface area is 123 Å². The monoisotopic (exact) mass is 300 g/mol. The van der Waals surface area contributed by atoms with Crippen LogP contribution in [0.5, 0.6) is 0 Å². The summed E-state index contributed by atoms with van der Waals surface area (Å²) < 4.78 is 11.3. The summed E-state index contributed by atoms with van der Waals surface area (Å²) in [5.41, 5.74) is 1.77. The van der Waals surface area contributed by atoms with Gasteiger partial charge in [0, 0.05) is 0 Å². The van der Waals surface area contributed by atoms with E-state index in [1.807, 2.05) is 31.2 Å². The molecule has 0 aliphatic heterocycles. The molecule has 0 heterocycles. The quantitative estimate of drug-likeness (QED) is 0.562. The molecule has 0 fully saturated rings. The molecule has 3 nitrogen and oxygen atoms in total. The van der Waals surface area contributed by atoms with E-state index in [2.05, 4.69) is 24.3 Å². The van der Waals surface area contributed by atoms with Gasteiger partial charge < -0.3 is 9.79 Å². The van der Waals surface area contributed by atoms with E-state index in [1.165, 1.54) is 5.39 Å². The maximum atomic E-state index is 11.3. The van der Waals surface area contributed by atoms with E-state index >= 15 is 0 Å². The van der Waals surface area contributed by atoms with Gasteiger partial charge in [0.15, 0.2) is 0 Å². The lowest BCUT2D eigenvalue weighted by atomic mass is 9.95. The summed E-state index contributed by atoms with van der Waals surface area (Å²) in [6.45, 7) is 2.02. The summed E-state index contributed by atoms with van der Waals surface area (Å²) in [7, 11) is -4.05. The fourth-order valence-corrected chi connectivity index (χ4v) is 3.65.